The van der Waals surface area contributed by atoms with Crippen LogP contribution in [0.15, 0.2) is 6.20 Å². The number of aryl methyl sites for hydroxylation is 1. The van der Waals surface area contributed by atoms with Crippen LogP contribution < -0.4 is 4.90 Å². The van der Waals surface area contributed by atoms with Crippen molar-refractivity contribution in [2.45, 2.75) is 59.7 Å². The van der Waals surface area contributed by atoms with Crippen molar-refractivity contribution in [1.29, 1.82) is 0 Å². The smallest absolute Gasteiger partial charge is 0.410 e. The zero-order valence-electron chi connectivity index (χ0n) is 16.6. The summed E-state index contributed by atoms with van der Waals surface area (Å²) in [5, 5.41) is 0. The Morgan fingerprint density at radius 3 is 2.65 bits per heavy atom. The Labute approximate surface area is 156 Å². The van der Waals surface area contributed by atoms with Crippen molar-refractivity contribution in [3.63, 3.8) is 0 Å². The molecule has 1 saturated heterocycles. The van der Waals surface area contributed by atoms with Crippen molar-refractivity contribution in [3.8, 4) is 0 Å². The standard InChI is InChI=1S/C19H29N5O2/c1-13(2)16-12-23(18(25)26-19(4,5)6)8-9-24(16)17-21-11-15(10-20-7)14(3)22-17/h11,13,16H,8-10,12H2,1-6H3/t16-/m0/s1. The maximum Gasteiger partial charge on any atom is 0.410 e. The second kappa shape index (κ2) is 7.90. The highest BCUT2D eigenvalue weighted by molar-refractivity contribution is 5.68. The van der Waals surface area contributed by atoms with Crippen molar-refractivity contribution in [1.82, 2.24) is 14.9 Å². The number of rotatable bonds is 3. The van der Waals surface area contributed by atoms with Crippen LogP contribution in [0.25, 0.3) is 4.85 Å². The highest BCUT2D eigenvalue weighted by Gasteiger charge is 2.34. The van der Waals surface area contributed by atoms with E-state index in [0.717, 1.165) is 11.3 Å². The molecule has 1 fully saturated rings. The molecule has 7 heteroatoms. The van der Waals surface area contributed by atoms with Crippen molar-refractivity contribution >= 4 is 12.0 Å². The molecule has 0 spiro atoms. The van der Waals surface area contributed by atoms with Gasteiger partial charge in [-0.2, -0.15) is 0 Å². The molecule has 0 radical (unpaired) electrons. The van der Waals surface area contributed by atoms with E-state index in [4.69, 9.17) is 11.3 Å². The molecule has 142 valence electrons. The quantitative estimate of drug-likeness (QED) is 0.775. The predicted molar refractivity (Wildman–Crippen MR) is 101 cm³/mol. The van der Waals surface area contributed by atoms with E-state index in [0.29, 0.717) is 38.0 Å². The van der Waals surface area contributed by atoms with Gasteiger partial charge in [0.1, 0.15) is 5.60 Å². The van der Waals surface area contributed by atoms with E-state index < -0.39 is 5.60 Å². The van der Waals surface area contributed by atoms with Crippen molar-refractivity contribution in [2.24, 2.45) is 5.92 Å². The zero-order chi connectivity index (χ0) is 19.5. The summed E-state index contributed by atoms with van der Waals surface area (Å²) >= 11 is 0. The van der Waals surface area contributed by atoms with Crippen LogP contribution in [0, 0.1) is 19.4 Å². The number of nitrogens with zero attached hydrogens (tertiary/aromatic N) is 5. The van der Waals surface area contributed by atoms with E-state index in [2.05, 4.69) is 33.6 Å². The van der Waals surface area contributed by atoms with Gasteiger partial charge in [-0.25, -0.2) is 21.3 Å². The molecule has 2 rings (SSSR count). The summed E-state index contributed by atoms with van der Waals surface area (Å²) in [5.74, 6) is 0.992. The van der Waals surface area contributed by atoms with Crippen LogP contribution in [0.1, 0.15) is 45.9 Å². The molecule has 1 amide bonds. The van der Waals surface area contributed by atoms with Gasteiger partial charge in [0, 0.05) is 25.8 Å². The first-order valence-electron chi connectivity index (χ1n) is 9.02. The molecule has 2 heterocycles. The Bertz CT molecular complexity index is 690. The van der Waals surface area contributed by atoms with Crippen molar-refractivity contribution < 1.29 is 9.53 Å². The Balaban J connectivity index is 2.18. The van der Waals surface area contributed by atoms with Gasteiger partial charge in [-0.05, 0) is 33.6 Å². The fraction of sp³-hybridized carbons (Fsp3) is 0.684. The lowest BCUT2D eigenvalue weighted by Gasteiger charge is -2.43. The number of carbonyl (C=O) groups is 1. The highest BCUT2D eigenvalue weighted by Crippen LogP contribution is 2.24. The molecule has 0 saturated carbocycles. The monoisotopic (exact) mass is 359 g/mol. The maximum absolute atomic E-state index is 12.4. The zero-order valence-corrected chi connectivity index (χ0v) is 16.6. The fourth-order valence-corrected chi connectivity index (χ4v) is 2.98. The van der Waals surface area contributed by atoms with Gasteiger partial charge in [-0.3, -0.25) is 0 Å². The summed E-state index contributed by atoms with van der Waals surface area (Å²) < 4.78 is 5.52. The van der Waals surface area contributed by atoms with Crippen LogP contribution in [-0.2, 0) is 11.3 Å². The van der Waals surface area contributed by atoms with Gasteiger partial charge in [0.15, 0.2) is 0 Å². The number of amides is 1. The third kappa shape index (κ3) is 4.84. The van der Waals surface area contributed by atoms with Crippen LogP contribution in [0.5, 0.6) is 0 Å². The van der Waals surface area contributed by atoms with Crippen molar-refractivity contribution in [3.05, 3.63) is 28.9 Å². The average Bonchev–Trinajstić information content (AvgIpc) is 2.54. The number of aromatic nitrogens is 2. The topological polar surface area (TPSA) is 62.9 Å². The molecule has 0 aliphatic carbocycles. The Kier molecular flexibility index (Phi) is 6.06. The summed E-state index contributed by atoms with van der Waals surface area (Å²) in [7, 11) is 0. The highest BCUT2D eigenvalue weighted by atomic mass is 16.6. The molecule has 1 aliphatic heterocycles. The SMILES string of the molecule is [C-]#[N+]Cc1cnc(N2CCN(C(=O)OC(C)(C)C)C[C@H]2C(C)C)nc1C. The average molecular weight is 359 g/mol. The second-order valence-corrected chi connectivity index (χ2v) is 8.03. The third-order valence-corrected chi connectivity index (χ3v) is 4.41. The Morgan fingerprint density at radius 1 is 1.42 bits per heavy atom. The van der Waals surface area contributed by atoms with Gasteiger partial charge < -0.3 is 19.4 Å². The first-order chi connectivity index (χ1) is 12.1. The molecule has 0 N–H and O–H groups in total. The first kappa shape index (κ1) is 20.0. The lowest BCUT2D eigenvalue weighted by atomic mass is 10.00. The van der Waals surface area contributed by atoms with E-state index >= 15 is 0 Å². The van der Waals surface area contributed by atoms with Crippen LogP contribution in [0.3, 0.4) is 0 Å². The Hall–Kier alpha value is -2.36. The van der Waals surface area contributed by atoms with E-state index in [9.17, 15) is 4.79 Å². The van der Waals surface area contributed by atoms with Gasteiger partial charge in [0.2, 0.25) is 12.5 Å². The minimum absolute atomic E-state index is 0.113. The Morgan fingerprint density at radius 2 is 2.12 bits per heavy atom. The minimum Gasteiger partial charge on any atom is -0.444 e. The summed E-state index contributed by atoms with van der Waals surface area (Å²) in [6.45, 7) is 20.9. The molecule has 1 atom stereocenters. The molecule has 1 aliphatic rings. The molecular formula is C19H29N5O2. The van der Waals surface area contributed by atoms with E-state index in [1.54, 1.807) is 11.1 Å². The molecule has 26 heavy (non-hydrogen) atoms. The number of piperazine rings is 1. The third-order valence-electron chi connectivity index (χ3n) is 4.41. The molecule has 1 aromatic heterocycles. The molecule has 0 unspecified atom stereocenters. The molecule has 0 aromatic carbocycles. The summed E-state index contributed by atoms with van der Waals surface area (Å²) in [6, 6.07) is 0.113. The maximum atomic E-state index is 12.4. The lowest BCUT2D eigenvalue weighted by Crippen LogP contribution is -2.58. The number of anilines is 1. The normalized spacial score (nSPS) is 18.0. The number of carbonyl (C=O) groups excluding carboxylic acids is 1. The fourth-order valence-electron chi connectivity index (χ4n) is 2.98. The minimum atomic E-state index is -0.500. The van der Waals surface area contributed by atoms with Gasteiger partial charge >= 0.3 is 6.09 Å². The van der Waals surface area contributed by atoms with Crippen LogP contribution in [-0.4, -0.2) is 52.2 Å². The molecule has 0 bridgehead atoms. The van der Waals surface area contributed by atoms with Gasteiger partial charge in [0.05, 0.1) is 17.3 Å². The molecular weight excluding hydrogens is 330 g/mol. The summed E-state index contributed by atoms with van der Waals surface area (Å²) in [6.07, 6.45) is 1.47. The van der Waals surface area contributed by atoms with E-state index in [1.165, 1.54) is 0 Å². The summed E-state index contributed by atoms with van der Waals surface area (Å²) in [5.41, 5.74) is 1.20. The van der Waals surface area contributed by atoms with E-state index in [1.807, 2.05) is 27.7 Å². The van der Waals surface area contributed by atoms with Gasteiger partial charge in [-0.1, -0.05) is 13.8 Å². The largest absolute Gasteiger partial charge is 0.444 e. The number of ether oxygens (including phenoxy) is 1. The number of hydrogen-bond donors (Lipinski definition) is 0. The van der Waals surface area contributed by atoms with Crippen LogP contribution in [0.4, 0.5) is 10.7 Å². The predicted octanol–water partition coefficient (Wildman–Crippen LogP) is 3.29. The second-order valence-electron chi connectivity index (χ2n) is 8.03. The van der Waals surface area contributed by atoms with Crippen LogP contribution in [0.2, 0.25) is 0 Å². The lowest BCUT2D eigenvalue weighted by molar-refractivity contribution is 0.0201. The van der Waals surface area contributed by atoms with Crippen LogP contribution >= 0.6 is 0 Å². The van der Waals surface area contributed by atoms with Gasteiger partial charge in [-0.15, -0.1) is 0 Å². The number of hydrogen-bond acceptors (Lipinski definition) is 5. The first-order valence-corrected chi connectivity index (χ1v) is 9.02. The van der Waals surface area contributed by atoms with Gasteiger partial charge in [0.25, 0.3) is 0 Å². The molecule has 1 aromatic rings. The van der Waals surface area contributed by atoms with Crippen molar-refractivity contribution in [2.75, 3.05) is 24.5 Å². The van der Waals surface area contributed by atoms with E-state index in [-0.39, 0.29) is 12.1 Å². The summed E-state index contributed by atoms with van der Waals surface area (Å²) in [4.78, 5) is 28.9. The molecule has 7 nitrogen and oxygen atoms in total.